The van der Waals surface area contributed by atoms with Gasteiger partial charge in [0, 0.05) is 24.7 Å². The molecule has 0 saturated carbocycles. The van der Waals surface area contributed by atoms with Crippen LogP contribution in [-0.2, 0) is 6.54 Å². The van der Waals surface area contributed by atoms with Crippen molar-refractivity contribution in [2.45, 2.75) is 26.4 Å². The van der Waals surface area contributed by atoms with Crippen LogP contribution in [0.15, 0.2) is 18.2 Å². The van der Waals surface area contributed by atoms with E-state index in [0.717, 1.165) is 18.8 Å². The number of ether oxygens (including phenoxy) is 1. The maximum Gasteiger partial charge on any atom is 0.123 e. The van der Waals surface area contributed by atoms with Gasteiger partial charge in [0.05, 0.1) is 7.11 Å². The predicted octanol–water partition coefficient (Wildman–Crippen LogP) is 1.44. The zero-order valence-corrected chi connectivity index (χ0v) is 9.71. The van der Waals surface area contributed by atoms with E-state index in [1.807, 2.05) is 19.1 Å². The zero-order valence-electron chi connectivity index (χ0n) is 9.71. The molecule has 0 spiro atoms. The van der Waals surface area contributed by atoms with Crippen molar-refractivity contribution in [3.8, 4) is 5.75 Å². The molecule has 0 aliphatic rings. The first-order chi connectivity index (χ1) is 7.13. The van der Waals surface area contributed by atoms with Gasteiger partial charge in [-0.15, -0.1) is 0 Å². The Morgan fingerprint density at radius 2 is 2.20 bits per heavy atom. The van der Waals surface area contributed by atoms with Gasteiger partial charge in [0.25, 0.3) is 0 Å². The minimum atomic E-state index is 0.181. The average molecular weight is 208 g/mol. The maximum atomic E-state index is 5.66. The van der Waals surface area contributed by atoms with Crippen LogP contribution in [0.4, 0.5) is 0 Å². The highest BCUT2D eigenvalue weighted by Gasteiger charge is 2.02. The number of benzene rings is 1. The highest BCUT2D eigenvalue weighted by Crippen LogP contribution is 2.19. The Hall–Kier alpha value is -1.06. The second-order valence-electron chi connectivity index (χ2n) is 3.92. The Labute approximate surface area is 91.6 Å². The summed E-state index contributed by atoms with van der Waals surface area (Å²) >= 11 is 0. The Kier molecular flexibility index (Phi) is 4.59. The SMILES string of the molecule is COc1ccc(C)cc1CNCC(C)N. The number of hydrogen-bond acceptors (Lipinski definition) is 3. The van der Waals surface area contributed by atoms with E-state index in [9.17, 15) is 0 Å². The first kappa shape index (κ1) is 12.0. The van der Waals surface area contributed by atoms with Gasteiger partial charge in [-0.05, 0) is 19.9 Å². The molecule has 15 heavy (non-hydrogen) atoms. The van der Waals surface area contributed by atoms with E-state index in [-0.39, 0.29) is 6.04 Å². The number of aryl methyl sites for hydroxylation is 1. The van der Waals surface area contributed by atoms with Gasteiger partial charge in [-0.3, -0.25) is 0 Å². The summed E-state index contributed by atoms with van der Waals surface area (Å²) in [4.78, 5) is 0. The Bertz CT molecular complexity index is 310. The third-order valence-corrected chi connectivity index (χ3v) is 2.22. The van der Waals surface area contributed by atoms with E-state index in [1.54, 1.807) is 7.11 Å². The van der Waals surface area contributed by atoms with E-state index in [2.05, 4.69) is 18.3 Å². The van der Waals surface area contributed by atoms with Gasteiger partial charge in [0.2, 0.25) is 0 Å². The molecule has 0 aromatic heterocycles. The van der Waals surface area contributed by atoms with E-state index < -0.39 is 0 Å². The third-order valence-electron chi connectivity index (χ3n) is 2.22. The summed E-state index contributed by atoms with van der Waals surface area (Å²) < 4.78 is 5.29. The molecule has 1 unspecified atom stereocenters. The lowest BCUT2D eigenvalue weighted by molar-refractivity contribution is 0.407. The first-order valence-corrected chi connectivity index (χ1v) is 5.23. The minimum Gasteiger partial charge on any atom is -0.496 e. The van der Waals surface area contributed by atoms with Crippen LogP contribution in [0.3, 0.4) is 0 Å². The molecule has 0 fully saturated rings. The molecule has 3 heteroatoms. The van der Waals surface area contributed by atoms with Crippen LogP contribution >= 0.6 is 0 Å². The van der Waals surface area contributed by atoms with Crippen LogP contribution in [0.1, 0.15) is 18.1 Å². The maximum absolute atomic E-state index is 5.66. The molecule has 0 saturated heterocycles. The molecule has 0 bridgehead atoms. The largest absolute Gasteiger partial charge is 0.496 e. The zero-order chi connectivity index (χ0) is 11.3. The quantitative estimate of drug-likeness (QED) is 0.769. The molecule has 1 aromatic carbocycles. The van der Waals surface area contributed by atoms with Crippen molar-refractivity contribution in [1.29, 1.82) is 0 Å². The summed E-state index contributed by atoms with van der Waals surface area (Å²) in [6.45, 7) is 5.68. The normalized spacial score (nSPS) is 12.5. The van der Waals surface area contributed by atoms with Crippen molar-refractivity contribution < 1.29 is 4.74 Å². The Balaban J connectivity index is 2.62. The Morgan fingerprint density at radius 1 is 1.47 bits per heavy atom. The third kappa shape index (κ3) is 3.90. The van der Waals surface area contributed by atoms with Crippen molar-refractivity contribution in [1.82, 2.24) is 5.32 Å². The number of methoxy groups -OCH3 is 1. The van der Waals surface area contributed by atoms with Gasteiger partial charge in [0.1, 0.15) is 5.75 Å². The van der Waals surface area contributed by atoms with Crippen LogP contribution in [-0.4, -0.2) is 19.7 Å². The summed E-state index contributed by atoms with van der Waals surface area (Å²) in [6.07, 6.45) is 0. The summed E-state index contributed by atoms with van der Waals surface area (Å²) in [5, 5.41) is 3.30. The van der Waals surface area contributed by atoms with E-state index >= 15 is 0 Å². The molecule has 3 N–H and O–H groups in total. The van der Waals surface area contributed by atoms with Crippen LogP contribution in [0.5, 0.6) is 5.75 Å². The van der Waals surface area contributed by atoms with Crippen LogP contribution in [0.2, 0.25) is 0 Å². The Morgan fingerprint density at radius 3 is 2.80 bits per heavy atom. The molecule has 3 nitrogen and oxygen atoms in total. The molecule has 0 radical (unpaired) electrons. The molecule has 1 rings (SSSR count). The van der Waals surface area contributed by atoms with E-state index in [1.165, 1.54) is 11.1 Å². The van der Waals surface area contributed by atoms with Crippen molar-refractivity contribution in [2.24, 2.45) is 5.73 Å². The summed E-state index contributed by atoms with van der Waals surface area (Å²) in [6, 6.07) is 6.36. The molecule has 1 atom stereocenters. The molecule has 1 aromatic rings. The fraction of sp³-hybridized carbons (Fsp3) is 0.500. The topological polar surface area (TPSA) is 47.3 Å². The lowest BCUT2D eigenvalue weighted by Gasteiger charge is -2.11. The van der Waals surface area contributed by atoms with Crippen molar-refractivity contribution >= 4 is 0 Å². The van der Waals surface area contributed by atoms with E-state index in [4.69, 9.17) is 10.5 Å². The molecule has 0 aliphatic heterocycles. The molecular formula is C12H20N2O. The number of hydrogen-bond donors (Lipinski definition) is 2. The fourth-order valence-electron chi connectivity index (χ4n) is 1.48. The van der Waals surface area contributed by atoms with Gasteiger partial charge in [-0.25, -0.2) is 0 Å². The molecule has 0 aliphatic carbocycles. The molecule has 84 valence electrons. The highest BCUT2D eigenvalue weighted by atomic mass is 16.5. The van der Waals surface area contributed by atoms with Crippen molar-refractivity contribution in [3.05, 3.63) is 29.3 Å². The summed E-state index contributed by atoms with van der Waals surface area (Å²) in [5.74, 6) is 0.928. The standard InChI is InChI=1S/C12H20N2O/c1-9-4-5-12(15-3)11(6-9)8-14-7-10(2)13/h4-6,10,14H,7-8,13H2,1-3H3. The summed E-state index contributed by atoms with van der Waals surface area (Å²) in [5.41, 5.74) is 8.09. The second kappa shape index (κ2) is 5.73. The predicted molar refractivity (Wildman–Crippen MR) is 63.1 cm³/mol. The number of nitrogens with one attached hydrogen (secondary N) is 1. The van der Waals surface area contributed by atoms with Gasteiger partial charge in [-0.1, -0.05) is 17.7 Å². The minimum absolute atomic E-state index is 0.181. The average Bonchev–Trinajstić information content (AvgIpc) is 2.17. The van der Waals surface area contributed by atoms with Gasteiger partial charge in [0.15, 0.2) is 0 Å². The van der Waals surface area contributed by atoms with Crippen molar-refractivity contribution in [3.63, 3.8) is 0 Å². The van der Waals surface area contributed by atoms with Crippen LogP contribution < -0.4 is 15.8 Å². The number of rotatable bonds is 5. The van der Waals surface area contributed by atoms with E-state index in [0.29, 0.717) is 0 Å². The highest BCUT2D eigenvalue weighted by molar-refractivity contribution is 5.36. The second-order valence-corrected chi connectivity index (χ2v) is 3.92. The molecule has 0 amide bonds. The molecule has 0 heterocycles. The number of nitrogens with two attached hydrogens (primary N) is 1. The smallest absolute Gasteiger partial charge is 0.123 e. The van der Waals surface area contributed by atoms with Gasteiger partial charge >= 0.3 is 0 Å². The van der Waals surface area contributed by atoms with Gasteiger partial charge in [-0.2, -0.15) is 0 Å². The van der Waals surface area contributed by atoms with Gasteiger partial charge < -0.3 is 15.8 Å². The lowest BCUT2D eigenvalue weighted by Crippen LogP contribution is -2.30. The fourth-order valence-corrected chi connectivity index (χ4v) is 1.48. The lowest BCUT2D eigenvalue weighted by atomic mass is 10.1. The first-order valence-electron chi connectivity index (χ1n) is 5.23. The van der Waals surface area contributed by atoms with Crippen molar-refractivity contribution in [2.75, 3.05) is 13.7 Å². The molecular weight excluding hydrogens is 188 g/mol. The summed E-state index contributed by atoms with van der Waals surface area (Å²) in [7, 11) is 1.69. The monoisotopic (exact) mass is 208 g/mol. The van der Waals surface area contributed by atoms with Crippen LogP contribution in [0.25, 0.3) is 0 Å². The van der Waals surface area contributed by atoms with Crippen LogP contribution in [0, 0.1) is 6.92 Å².